The van der Waals surface area contributed by atoms with Crippen molar-refractivity contribution in [2.24, 2.45) is 0 Å². The van der Waals surface area contributed by atoms with Gasteiger partial charge in [-0.3, -0.25) is 4.79 Å². The molecule has 0 aromatic heterocycles. The second-order valence-electron chi connectivity index (χ2n) is 7.45. The van der Waals surface area contributed by atoms with E-state index >= 15 is 0 Å². The smallest absolute Gasteiger partial charge is 0.258 e. The number of carbonyl (C=O) groups excluding carboxylic acids is 1. The van der Waals surface area contributed by atoms with Crippen LogP contribution < -0.4 is 4.90 Å². The van der Waals surface area contributed by atoms with Crippen LogP contribution in [0.15, 0.2) is 47.4 Å². The van der Waals surface area contributed by atoms with Gasteiger partial charge in [0.25, 0.3) is 5.91 Å². The highest BCUT2D eigenvalue weighted by Gasteiger charge is 2.33. The molecule has 4 rings (SSSR count). The molecular formula is C21H24N2O3S. The summed E-state index contributed by atoms with van der Waals surface area (Å²) in [4.78, 5) is 15.3. The van der Waals surface area contributed by atoms with E-state index in [0.29, 0.717) is 24.2 Å². The molecule has 2 heterocycles. The lowest BCUT2D eigenvalue weighted by molar-refractivity contribution is 0.0981. The molecule has 1 atom stereocenters. The first kappa shape index (κ1) is 18.2. The van der Waals surface area contributed by atoms with Crippen molar-refractivity contribution in [3.8, 4) is 0 Å². The Bertz CT molecular complexity index is 994. The molecule has 0 bridgehead atoms. The topological polar surface area (TPSA) is 57.7 Å². The molecule has 0 radical (unpaired) electrons. The van der Waals surface area contributed by atoms with Gasteiger partial charge >= 0.3 is 0 Å². The third-order valence-electron chi connectivity index (χ3n) is 5.54. The molecule has 27 heavy (non-hydrogen) atoms. The van der Waals surface area contributed by atoms with Crippen LogP contribution in [0.5, 0.6) is 0 Å². The molecule has 2 aromatic carbocycles. The van der Waals surface area contributed by atoms with Crippen LogP contribution in [0.3, 0.4) is 0 Å². The predicted octanol–water partition coefficient (Wildman–Crippen LogP) is 3.37. The van der Waals surface area contributed by atoms with Crippen LogP contribution in [-0.4, -0.2) is 37.8 Å². The molecule has 0 aliphatic carbocycles. The van der Waals surface area contributed by atoms with Crippen LogP contribution in [0.4, 0.5) is 5.69 Å². The number of hydrogen-bond acceptors (Lipinski definition) is 3. The summed E-state index contributed by atoms with van der Waals surface area (Å²) in [7, 11) is -3.56. The maximum Gasteiger partial charge on any atom is 0.258 e. The first-order valence-electron chi connectivity index (χ1n) is 9.42. The van der Waals surface area contributed by atoms with Gasteiger partial charge < -0.3 is 4.90 Å². The Morgan fingerprint density at radius 2 is 1.78 bits per heavy atom. The van der Waals surface area contributed by atoms with E-state index in [1.807, 2.05) is 31.2 Å². The molecular weight excluding hydrogens is 360 g/mol. The SMILES string of the molecule is Cc1ccc(C(=O)N2c3ccccc3CC2C)cc1S(=O)(=O)N1CCCC1. The van der Waals surface area contributed by atoms with Gasteiger partial charge in [0.15, 0.2) is 0 Å². The van der Waals surface area contributed by atoms with E-state index in [9.17, 15) is 13.2 Å². The standard InChI is InChI=1S/C21H24N2O3S/c1-15-9-10-18(14-20(15)27(25,26)22-11-5-6-12-22)21(24)23-16(2)13-17-7-3-4-8-19(17)23/h3-4,7-10,14,16H,5-6,11-13H2,1-2H3. The van der Waals surface area contributed by atoms with E-state index in [4.69, 9.17) is 0 Å². The molecule has 142 valence electrons. The van der Waals surface area contributed by atoms with Gasteiger partial charge in [-0.05, 0) is 62.4 Å². The molecule has 5 nitrogen and oxygen atoms in total. The minimum absolute atomic E-state index is 0.0508. The molecule has 2 aliphatic heterocycles. The minimum Gasteiger partial charge on any atom is -0.305 e. The Morgan fingerprint density at radius 1 is 1.07 bits per heavy atom. The van der Waals surface area contributed by atoms with Gasteiger partial charge in [0.05, 0.1) is 4.90 Å². The Labute approximate surface area is 160 Å². The lowest BCUT2D eigenvalue weighted by atomic mass is 10.1. The fraction of sp³-hybridized carbons (Fsp3) is 0.381. The van der Waals surface area contributed by atoms with Crippen molar-refractivity contribution in [1.29, 1.82) is 0 Å². The van der Waals surface area contributed by atoms with Crippen molar-refractivity contribution in [1.82, 2.24) is 4.31 Å². The fourth-order valence-electron chi connectivity index (χ4n) is 4.09. The van der Waals surface area contributed by atoms with E-state index in [1.54, 1.807) is 30.0 Å². The molecule has 2 aliphatic rings. The van der Waals surface area contributed by atoms with Crippen LogP contribution in [0.1, 0.15) is 41.3 Å². The van der Waals surface area contributed by atoms with Gasteiger partial charge in [-0.25, -0.2) is 8.42 Å². The van der Waals surface area contributed by atoms with Gasteiger partial charge in [0, 0.05) is 30.4 Å². The summed E-state index contributed by atoms with van der Waals surface area (Å²) >= 11 is 0. The van der Waals surface area contributed by atoms with E-state index in [1.165, 1.54) is 4.31 Å². The average Bonchev–Trinajstić information content (AvgIpc) is 3.29. The molecule has 1 unspecified atom stereocenters. The highest BCUT2D eigenvalue weighted by molar-refractivity contribution is 7.89. The van der Waals surface area contributed by atoms with E-state index in [0.717, 1.165) is 30.5 Å². The summed E-state index contributed by atoms with van der Waals surface area (Å²) in [6, 6.07) is 13.0. The number of fused-ring (bicyclic) bond motifs is 1. The van der Waals surface area contributed by atoms with Crippen LogP contribution >= 0.6 is 0 Å². The highest BCUT2D eigenvalue weighted by atomic mass is 32.2. The molecule has 0 N–H and O–H groups in total. The predicted molar refractivity (Wildman–Crippen MR) is 106 cm³/mol. The van der Waals surface area contributed by atoms with Crippen molar-refractivity contribution < 1.29 is 13.2 Å². The largest absolute Gasteiger partial charge is 0.305 e. The van der Waals surface area contributed by atoms with Gasteiger partial charge in [-0.15, -0.1) is 0 Å². The lowest BCUT2D eigenvalue weighted by Gasteiger charge is -2.24. The van der Waals surface area contributed by atoms with E-state index in [-0.39, 0.29) is 16.8 Å². The zero-order valence-electron chi connectivity index (χ0n) is 15.7. The summed E-state index contributed by atoms with van der Waals surface area (Å²) in [5.41, 5.74) is 3.16. The number of amides is 1. The van der Waals surface area contributed by atoms with E-state index in [2.05, 4.69) is 0 Å². The van der Waals surface area contributed by atoms with Crippen LogP contribution in [-0.2, 0) is 16.4 Å². The Hall–Kier alpha value is -2.18. The third kappa shape index (κ3) is 3.07. The second-order valence-corrected chi connectivity index (χ2v) is 9.35. The molecule has 0 spiro atoms. The van der Waals surface area contributed by atoms with Crippen molar-refractivity contribution >= 4 is 21.6 Å². The fourth-order valence-corrected chi connectivity index (χ4v) is 5.86. The van der Waals surface area contributed by atoms with Crippen LogP contribution in [0.25, 0.3) is 0 Å². The number of rotatable bonds is 3. The molecule has 2 aromatic rings. The number of hydrogen-bond donors (Lipinski definition) is 0. The normalized spacial score (nSPS) is 20.1. The van der Waals surface area contributed by atoms with Crippen molar-refractivity contribution in [2.45, 2.75) is 44.0 Å². The van der Waals surface area contributed by atoms with Gasteiger partial charge in [-0.2, -0.15) is 4.31 Å². The summed E-state index contributed by atoms with van der Waals surface area (Å²) < 4.78 is 27.6. The summed E-state index contributed by atoms with van der Waals surface area (Å²) in [6.07, 6.45) is 2.59. The number of anilines is 1. The number of sulfonamides is 1. The van der Waals surface area contributed by atoms with Crippen molar-refractivity contribution in [3.63, 3.8) is 0 Å². The zero-order valence-corrected chi connectivity index (χ0v) is 16.5. The summed E-state index contributed by atoms with van der Waals surface area (Å²) in [5, 5.41) is 0. The number of nitrogens with zero attached hydrogens (tertiary/aromatic N) is 2. The van der Waals surface area contributed by atoms with Gasteiger partial charge in [0.1, 0.15) is 0 Å². The van der Waals surface area contributed by atoms with E-state index < -0.39 is 10.0 Å². The maximum atomic E-state index is 13.2. The molecule has 1 amide bonds. The van der Waals surface area contributed by atoms with Gasteiger partial charge in [-0.1, -0.05) is 24.3 Å². The quantitative estimate of drug-likeness (QED) is 0.815. The Balaban J connectivity index is 1.72. The zero-order chi connectivity index (χ0) is 19.2. The third-order valence-corrected chi connectivity index (χ3v) is 7.58. The molecule has 1 saturated heterocycles. The number of carbonyl (C=O) groups is 1. The van der Waals surface area contributed by atoms with Gasteiger partial charge in [0.2, 0.25) is 10.0 Å². The van der Waals surface area contributed by atoms with Crippen LogP contribution in [0, 0.1) is 6.92 Å². The maximum absolute atomic E-state index is 13.2. The molecule has 6 heteroatoms. The summed E-state index contributed by atoms with van der Waals surface area (Å²) in [5.74, 6) is -0.148. The Morgan fingerprint density at radius 3 is 2.52 bits per heavy atom. The second kappa shape index (κ2) is 6.77. The molecule has 1 fully saturated rings. The minimum atomic E-state index is -3.56. The highest BCUT2D eigenvalue weighted by Crippen LogP contribution is 2.34. The lowest BCUT2D eigenvalue weighted by Crippen LogP contribution is -2.36. The van der Waals surface area contributed by atoms with Crippen molar-refractivity contribution in [2.75, 3.05) is 18.0 Å². The Kier molecular flexibility index (Phi) is 4.56. The van der Waals surface area contributed by atoms with Crippen molar-refractivity contribution in [3.05, 3.63) is 59.2 Å². The number of aryl methyl sites for hydroxylation is 1. The first-order chi connectivity index (χ1) is 12.9. The summed E-state index contributed by atoms with van der Waals surface area (Å²) in [6.45, 7) is 4.91. The monoisotopic (exact) mass is 384 g/mol. The average molecular weight is 385 g/mol. The number of benzene rings is 2. The first-order valence-corrected chi connectivity index (χ1v) is 10.9. The molecule has 0 saturated carbocycles. The van der Waals surface area contributed by atoms with Crippen LogP contribution in [0.2, 0.25) is 0 Å². The number of para-hydroxylation sites is 1.